The Morgan fingerprint density at radius 3 is 2.50 bits per heavy atom. The molecule has 0 bridgehead atoms. The summed E-state index contributed by atoms with van der Waals surface area (Å²) in [5.41, 5.74) is 4.05. The van der Waals surface area contributed by atoms with Crippen molar-refractivity contribution in [1.29, 1.82) is 0 Å². The van der Waals surface area contributed by atoms with Gasteiger partial charge in [-0.1, -0.05) is 36.4 Å². The number of piperazine rings is 1. The van der Waals surface area contributed by atoms with Crippen molar-refractivity contribution in [3.05, 3.63) is 58.9 Å². The molecule has 172 valence electrons. The number of thiazole rings is 1. The minimum atomic E-state index is -0.188. The standard InChI is InChI=1S/C25H24N6O2S/c1-2-23-27-22(17-34-23)28-25(33)30-14-12-29(13-15-30)20-9-8-19(18-6-4-3-5-7-18)16-21(20)31-11-10-26-24(31)32/h1,3-9,16-17H,10-15H2,(H,26,32)(H,28,33). The van der Waals surface area contributed by atoms with Gasteiger partial charge in [-0.3, -0.25) is 10.2 Å². The highest BCUT2D eigenvalue weighted by molar-refractivity contribution is 7.10. The number of hydrogen-bond acceptors (Lipinski definition) is 5. The van der Waals surface area contributed by atoms with Gasteiger partial charge < -0.3 is 15.1 Å². The smallest absolute Gasteiger partial charge is 0.323 e. The second-order valence-corrected chi connectivity index (χ2v) is 8.90. The quantitative estimate of drug-likeness (QED) is 0.568. The fraction of sp³-hybridized carbons (Fsp3) is 0.240. The van der Waals surface area contributed by atoms with Crippen LogP contribution in [0, 0.1) is 12.3 Å². The molecule has 3 heterocycles. The number of carbonyl (C=O) groups is 2. The highest BCUT2D eigenvalue weighted by Gasteiger charge is 2.28. The molecule has 4 amide bonds. The summed E-state index contributed by atoms with van der Waals surface area (Å²) in [6, 6.07) is 16.1. The number of nitrogens with zero attached hydrogens (tertiary/aromatic N) is 4. The fourth-order valence-electron chi connectivity index (χ4n) is 4.26. The van der Waals surface area contributed by atoms with E-state index in [1.54, 1.807) is 15.2 Å². The van der Waals surface area contributed by atoms with Crippen LogP contribution in [0.25, 0.3) is 11.1 Å². The number of benzene rings is 2. The fourth-order valence-corrected chi connectivity index (χ4v) is 4.81. The molecule has 0 unspecified atom stereocenters. The summed E-state index contributed by atoms with van der Waals surface area (Å²) in [5, 5.41) is 8.00. The first-order chi connectivity index (χ1) is 16.6. The van der Waals surface area contributed by atoms with E-state index in [2.05, 4.69) is 56.8 Å². The molecule has 2 fully saturated rings. The Kier molecular flexibility index (Phi) is 6.06. The second kappa shape index (κ2) is 9.45. The Morgan fingerprint density at radius 2 is 1.82 bits per heavy atom. The molecular weight excluding hydrogens is 448 g/mol. The molecule has 8 nitrogen and oxygen atoms in total. The predicted molar refractivity (Wildman–Crippen MR) is 135 cm³/mol. The number of hydrogen-bond donors (Lipinski definition) is 2. The van der Waals surface area contributed by atoms with E-state index < -0.39 is 0 Å². The van der Waals surface area contributed by atoms with Gasteiger partial charge in [-0.15, -0.1) is 17.8 Å². The summed E-state index contributed by atoms with van der Waals surface area (Å²) in [6.07, 6.45) is 5.36. The van der Waals surface area contributed by atoms with E-state index in [1.165, 1.54) is 11.3 Å². The molecular formula is C25H24N6O2S. The van der Waals surface area contributed by atoms with Gasteiger partial charge in [0.05, 0.1) is 11.4 Å². The number of terminal acetylenes is 1. The summed E-state index contributed by atoms with van der Waals surface area (Å²) < 4.78 is 0. The third-order valence-electron chi connectivity index (χ3n) is 6.00. The molecule has 2 aliphatic heterocycles. The molecule has 3 aromatic rings. The van der Waals surface area contributed by atoms with Crippen molar-refractivity contribution in [2.75, 3.05) is 54.4 Å². The van der Waals surface area contributed by atoms with Crippen LogP contribution in [0.5, 0.6) is 0 Å². The van der Waals surface area contributed by atoms with Crippen molar-refractivity contribution in [2.45, 2.75) is 0 Å². The van der Waals surface area contributed by atoms with E-state index in [-0.39, 0.29) is 12.1 Å². The van der Waals surface area contributed by atoms with Gasteiger partial charge in [0.15, 0.2) is 5.01 Å². The zero-order chi connectivity index (χ0) is 23.5. The molecule has 2 aliphatic rings. The lowest BCUT2D eigenvalue weighted by Gasteiger charge is -2.37. The second-order valence-electron chi connectivity index (χ2n) is 8.04. The van der Waals surface area contributed by atoms with Gasteiger partial charge in [0, 0.05) is 44.6 Å². The molecule has 0 saturated carbocycles. The Labute approximate surface area is 202 Å². The first-order valence-corrected chi connectivity index (χ1v) is 12.0. The van der Waals surface area contributed by atoms with Gasteiger partial charge in [0.2, 0.25) is 0 Å². The van der Waals surface area contributed by atoms with Crippen molar-refractivity contribution in [1.82, 2.24) is 15.2 Å². The first kappa shape index (κ1) is 21.8. The topological polar surface area (TPSA) is 80.8 Å². The number of nitrogens with one attached hydrogen (secondary N) is 2. The summed E-state index contributed by atoms with van der Waals surface area (Å²) in [5.74, 6) is 2.95. The van der Waals surface area contributed by atoms with Crippen LogP contribution in [0.2, 0.25) is 0 Å². The van der Waals surface area contributed by atoms with Gasteiger partial charge in [-0.25, -0.2) is 14.6 Å². The number of urea groups is 2. The van der Waals surface area contributed by atoms with Crippen LogP contribution in [0.3, 0.4) is 0 Å². The molecule has 0 radical (unpaired) electrons. The third-order valence-corrected chi connectivity index (χ3v) is 6.77. The molecule has 2 saturated heterocycles. The van der Waals surface area contributed by atoms with Crippen LogP contribution in [0.15, 0.2) is 53.9 Å². The largest absolute Gasteiger partial charge is 0.366 e. The zero-order valence-electron chi connectivity index (χ0n) is 18.5. The highest BCUT2D eigenvalue weighted by Crippen LogP contribution is 2.35. The normalized spacial score (nSPS) is 15.7. The van der Waals surface area contributed by atoms with E-state index in [0.717, 1.165) is 22.5 Å². The summed E-state index contributed by atoms with van der Waals surface area (Å²) >= 11 is 1.32. The van der Waals surface area contributed by atoms with Gasteiger partial charge in [0.25, 0.3) is 0 Å². The molecule has 2 aromatic carbocycles. The number of amides is 4. The monoisotopic (exact) mass is 472 g/mol. The third kappa shape index (κ3) is 4.40. The maximum atomic E-state index is 12.7. The van der Waals surface area contributed by atoms with Crippen LogP contribution in [-0.2, 0) is 0 Å². The van der Waals surface area contributed by atoms with E-state index in [4.69, 9.17) is 6.42 Å². The first-order valence-electron chi connectivity index (χ1n) is 11.1. The Morgan fingerprint density at radius 1 is 1.03 bits per heavy atom. The summed E-state index contributed by atoms with van der Waals surface area (Å²) in [4.78, 5) is 35.2. The lowest BCUT2D eigenvalue weighted by Crippen LogP contribution is -2.50. The Hall–Kier alpha value is -4.03. The number of anilines is 3. The number of carbonyl (C=O) groups excluding carboxylic acids is 2. The SMILES string of the molecule is C#Cc1nc(NC(=O)N2CCN(c3ccc(-c4ccccc4)cc3N3CCNC3=O)CC2)cs1. The van der Waals surface area contributed by atoms with E-state index in [1.807, 2.05) is 18.2 Å². The van der Waals surface area contributed by atoms with Crippen LogP contribution in [0.1, 0.15) is 5.01 Å². The van der Waals surface area contributed by atoms with Crippen molar-refractivity contribution < 1.29 is 9.59 Å². The molecule has 5 rings (SSSR count). The van der Waals surface area contributed by atoms with Gasteiger partial charge >= 0.3 is 12.1 Å². The maximum absolute atomic E-state index is 12.7. The van der Waals surface area contributed by atoms with E-state index in [9.17, 15) is 9.59 Å². The molecule has 0 spiro atoms. The highest BCUT2D eigenvalue weighted by atomic mass is 32.1. The minimum Gasteiger partial charge on any atom is -0.366 e. The molecule has 0 aliphatic carbocycles. The van der Waals surface area contributed by atoms with Crippen molar-refractivity contribution in [3.63, 3.8) is 0 Å². The number of aromatic nitrogens is 1. The van der Waals surface area contributed by atoms with Crippen LogP contribution in [0.4, 0.5) is 26.8 Å². The summed E-state index contributed by atoms with van der Waals surface area (Å²) in [7, 11) is 0. The number of rotatable bonds is 4. The van der Waals surface area contributed by atoms with E-state index in [0.29, 0.717) is 50.1 Å². The summed E-state index contributed by atoms with van der Waals surface area (Å²) in [6.45, 7) is 3.69. The lowest BCUT2D eigenvalue weighted by molar-refractivity contribution is 0.208. The van der Waals surface area contributed by atoms with Crippen molar-refractivity contribution in [2.24, 2.45) is 0 Å². The molecule has 0 atom stereocenters. The average molecular weight is 473 g/mol. The molecule has 34 heavy (non-hydrogen) atoms. The molecule has 2 N–H and O–H groups in total. The van der Waals surface area contributed by atoms with Crippen molar-refractivity contribution >= 4 is 40.6 Å². The molecule has 9 heteroatoms. The van der Waals surface area contributed by atoms with Crippen molar-refractivity contribution in [3.8, 4) is 23.5 Å². The lowest BCUT2D eigenvalue weighted by atomic mass is 10.0. The average Bonchev–Trinajstić information content (AvgIpc) is 3.53. The van der Waals surface area contributed by atoms with Gasteiger partial charge in [0.1, 0.15) is 5.82 Å². The minimum absolute atomic E-state index is 0.0842. The van der Waals surface area contributed by atoms with Crippen LogP contribution >= 0.6 is 11.3 Å². The van der Waals surface area contributed by atoms with Crippen LogP contribution < -0.4 is 20.4 Å². The van der Waals surface area contributed by atoms with Gasteiger partial charge in [-0.2, -0.15) is 0 Å². The van der Waals surface area contributed by atoms with E-state index >= 15 is 0 Å². The Bertz CT molecular complexity index is 1240. The van der Waals surface area contributed by atoms with Gasteiger partial charge in [-0.05, 0) is 29.2 Å². The predicted octanol–water partition coefficient (Wildman–Crippen LogP) is 3.68. The zero-order valence-corrected chi connectivity index (χ0v) is 19.3. The molecule has 1 aromatic heterocycles. The Balaban J connectivity index is 1.33. The van der Waals surface area contributed by atoms with Crippen LogP contribution in [-0.4, -0.2) is 61.2 Å². The maximum Gasteiger partial charge on any atom is 0.323 e.